The molecule has 0 aliphatic rings. The quantitative estimate of drug-likeness (QED) is 0.692. The molecule has 0 unspecified atom stereocenters. The number of amides is 1. The summed E-state index contributed by atoms with van der Waals surface area (Å²) >= 11 is 6.00. The molecular weight excluding hydrogens is 362 g/mol. The number of nitriles is 1. The second-order valence-electron chi connectivity index (χ2n) is 5.92. The molecule has 2 aromatic carbocycles. The number of halogens is 1. The number of rotatable bonds is 4. The summed E-state index contributed by atoms with van der Waals surface area (Å²) in [5, 5.41) is 15.5. The lowest BCUT2D eigenvalue weighted by molar-refractivity contribution is 0.102. The van der Waals surface area contributed by atoms with Crippen LogP contribution in [0, 0.1) is 25.2 Å². The van der Waals surface area contributed by atoms with Gasteiger partial charge in [-0.2, -0.15) is 5.26 Å². The maximum atomic E-state index is 12.6. The number of carbonyl (C=O) groups excluding carboxylic acids is 1. The van der Waals surface area contributed by atoms with E-state index in [0.717, 1.165) is 5.56 Å². The van der Waals surface area contributed by atoms with Gasteiger partial charge in [-0.05, 0) is 49.7 Å². The number of nitrogens with zero attached hydrogens (tertiary/aromatic N) is 3. The zero-order valence-electron chi connectivity index (χ0n) is 14.7. The SMILES string of the molecule is Cc1nc(Nc2cccc(C#N)c2)cc(C(=O)Nc2cc(Cl)ccc2C)n1. The van der Waals surface area contributed by atoms with Gasteiger partial charge in [0, 0.05) is 22.5 Å². The minimum Gasteiger partial charge on any atom is -0.340 e. The Labute approximate surface area is 161 Å². The Morgan fingerprint density at radius 3 is 2.70 bits per heavy atom. The van der Waals surface area contributed by atoms with Crippen LogP contribution in [0.4, 0.5) is 17.2 Å². The minimum atomic E-state index is -0.361. The molecule has 0 atom stereocenters. The van der Waals surface area contributed by atoms with Gasteiger partial charge in [-0.25, -0.2) is 9.97 Å². The summed E-state index contributed by atoms with van der Waals surface area (Å²) < 4.78 is 0. The summed E-state index contributed by atoms with van der Waals surface area (Å²) in [6, 6.07) is 15.9. The number of hydrogen-bond acceptors (Lipinski definition) is 5. The van der Waals surface area contributed by atoms with Crippen LogP contribution >= 0.6 is 11.6 Å². The summed E-state index contributed by atoms with van der Waals surface area (Å²) in [6.07, 6.45) is 0. The van der Waals surface area contributed by atoms with Gasteiger partial charge in [0.15, 0.2) is 0 Å². The summed E-state index contributed by atoms with van der Waals surface area (Å²) in [5.74, 6) is 0.551. The lowest BCUT2D eigenvalue weighted by Crippen LogP contribution is -2.16. The van der Waals surface area contributed by atoms with Gasteiger partial charge in [0.25, 0.3) is 5.91 Å². The molecule has 0 aliphatic carbocycles. The molecule has 3 rings (SSSR count). The molecule has 1 aromatic heterocycles. The second kappa shape index (κ2) is 7.85. The zero-order valence-corrected chi connectivity index (χ0v) is 15.5. The fourth-order valence-electron chi connectivity index (χ4n) is 2.48. The summed E-state index contributed by atoms with van der Waals surface area (Å²) in [4.78, 5) is 21.1. The van der Waals surface area contributed by atoms with Crippen molar-refractivity contribution in [2.75, 3.05) is 10.6 Å². The van der Waals surface area contributed by atoms with Gasteiger partial charge in [0.2, 0.25) is 0 Å². The lowest BCUT2D eigenvalue weighted by Gasteiger charge is -2.11. The average molecular weight is 378 g/mol. The van der Waals surface area contributed by atoms with Crippen LogP contribution in [0.15, 0.2) is 48.5 Å². The molecule has 1 amide bonds. The average Bonchev–Trinajstić information content (AvgIpc) is 2.64. The topological polar surface area (TPSA) is 90.7 Å². The summed E-state index contributed by atoms with van der Waals surface area (Å²) in [5.41, 5.74) is 2.97. The van der Waals surface area contributed by atoms with Gasteiger partial charge >= 0.3 is 0 Å². The van der Waals surface area contributed by atoms with E-state index in [1.165, 1.54) is 0 Å². The van der Waals surface area contributed by atoms with E-state index in [2.05, 4.69) is 26.7 Å². The molecule has 0 spiro atoms. The Morgan fingerprint density at radius 1 is 1.11 bits per heavy atom. The molecule has 0 saturated carbocycles. The van der Waals surface area contributed by atoms with E-state index >= 15 is 0 Å². The Kier molecular flexibility index (Phi) is 5.34. The number of nitrogens with one attached hydrogen (secondary N) is 2. The van der Waals surface area contributed by atoms with Crippen LogP contribution in [-0.2, 0) is 0 Å². The van der Waals surface area contributed by atoms with Crippen molar-refractivity contribution in [3.63, 3.8) is 0 Å². The van der Waals surface area contributed by atoms with E-state index in [9.17, 15) is 4.79 Å². The van der Waals surface area contributed by atoms with Crippen LogP contribution in [0.1, 0.15) is 27.4 Å². The Balaban J connectivity index is 1.85. The van der Waals surface area contributed by atoms with Crippen LogP contribution in [0.5, 0.6) is 0 Å². The molecule has 0 bridgehead atoms. The highest BCUT2D eigenvalue weighted by molar-refractivity contribution is 6.31. The van der Waals surface area contributed by atoms with E-state index in [0.29, 0.717) is 33.6 Å². The number of carbonyl (C=O) groups is 1. The molecule has 134 valence electrons. The fourth-order valence-corrected chi connectivity index (χ4v) is 2.65. The number of anilines is 3. The summed E-state index contributed by atoms with van der Waals surface area (Å²) in [6.45, 7) is 3.59. The molecule has 2 N–H and O–H groups in total. The normalized spacial score (nSPS) is 10.1. The standard InChI is InChI=1S/C20H16ClN5O/c1-12-6-7-15(21)9-17(12)26-20(27)18-10-19(24-13(2)23-18)25-16-5-3-4-14(8-16)11-22/h3-10H,1-2H3,(H,26,27)(H,23,24,25). The van der Waals surface area contributed by atoms with Crippen molar-refractivity contribution in [2.24, 2.45) is 0 Å². The first kappa shape index (κ1) is 18.4. The lowest BCUT2D eigenvalue weighted by atomic mass is 10.2. The van der Waals surface area contributed by atoms with Gasteiger partial charge in [0.1, 0.15) is 17.3 Å². The molecular formula is C20H16ClN5O. The van der Waals surface area contributed by atoms with Crippen molar-refractivity contribution in [3.05, 3.63) is 76.2 Å². The first-order valence-electron chi connectivity index (χ1n) is 8.15. The highest BCUT2D eigenvalue weighted by Gasteiger charge is 2.13. The molecule has 3 aromatic rings. The predicted octanol–water partition coefficient (Wildman–Crippen LogP) is 4.61. The molecule has 0 radical (unpaired) electrons. The maximum Gasteiger partial charge on any atom is 0.274 e. The number of aromatic nitrogens is 2. The minimum absolute atomic E-state index is 0.223. The Bertz CT molecular complexity index is 1060. The maximum absolute atomic E-state index is 12.6. The van der Waals surface area contributed by atoms with Crippen molar-refractivity contribution in [3.8, 4) is 6.07 Å². The van der Waals surface area contributed by atoms with E-state index in [1.54, 1.807) is 43.3 Å². The van der Waals surface area contributed by atoms with E-state index in [4.69, 9.17) is 16.9 Å². The number of hydrogen-bond donors (Lipinski definition) is 2. The molecule has 1 heterocycles. The first-order valence-corrected chi connectivity index (χ1v) is 8.53. The molecule has 0 aliphatic heterocycles. The monoisotopic (exact) mass is 377 g/mol. The first-order chi connectivity index (χ1) is 12.9. The fraction of sp³-hybridized carbons (Fsp3) is 0.100. The third-order valence-electron chi connectivity index (χ3n) is 3.78. The molecule has 0 saturated heterocycles. The largest absolute Gasteiger partial charge is 0.340 e. The van der Waals surface area contributed by atoms with Crippen LogP contribution in [-0.4, -0.2) is 15.9 Å². The number of aryl methyl sites for hydroxylation is 2. The van der Waals surface area contributed by atoms with E-state index in [1.807, 2.05) is 19.1 Å². The molecule has 7 heteroatoms. The van der Waals surface area contributed by atoms with Crippen molar-refractivity contribution >= 4 is 34.7 Å². The van der Waals surface area contributed by atoms with Crippen molar-refractivity contribution in [1.82, 2.24) is 9.97 Å². The molecule has 6 nitrogen and oxygen atoms in total. The summed E-state index contributed by atoms with van der Waals surface area (Å²) in [7, 11) is 0. The van der Waals surface area contributed by atoms with Crippen LogP contribution < -0.4 is 10.6 Å². The van der Waals surface area contributed by atoms with Crippen LogP contribution in [0.3, 0.4) is 0 Å². The third kappa shape index (κ3) is 4.60. The van der Waals surface area contributed by atoms with Crippen LogP contribution in [0.25, 0.3) is 0 Å². The van der Waals surface area contributed by atoms with Crippen molar-refractivity contribution in [1.29, 1.82) is 5.26 Å². The van der Waals surface area contributed by atoms with Crippen LogP contribution in [0.2, 0.25) is 5.02 Å². The van der Waals surface area contributed by atoms with Gasteiger partial charge < -0.3 is 10.6 Å². The highest BCUT2D eigenvalue weighted by Crippen LogP contribution is 2.21. The smallest absolute Gasteiger partial charge is 0.274 e. The third-order valence-corrected chi connectivity index (χ3v) is 4.02. The predicted molar refractivity (Wildman–Crippen MR) is 105 cm³/mol. The van der Waals surface area contributed by atoms with Gasteiger partial charge in [-0.3, -0.25) is 4.79 Å². The van der Waals surface area contributed by atoms with Gasteiger partial charge in [0.05, 0.1) is 11.6 Å². The Morgan fingerprint density at radius 2 is 1.93 bits per heavy atom. The number of benzene rings is 2. The zero-order chi connectivity index (χ0) is 19.4. The second-order valence-corrected chi connectivity index (χ2v) is 6.35. The highest BCUT2D eigenvalue weighted by atomic mass is 35.5. The molecule has 27 heavy (non-hydrogen) atoms. The van der Waals surface area contributed by atoms with Gasteiger partial charge in [-0.15, -0.1) is 0 Å². The molecule has 0 fully saturated rings. The van der Waals surface area contributed by atoms with Crippen molar-refractivity contribution < 1.29 is 4.79 Å². The Hall–Kier alpha value is -3.43. The van der Waals surface area contributed by atoms with Gasteiger partial charge in [-0.1, -0.05) is 23.7 Å². The van der Waals surface area contributed by atoms with Crippen molar-refractivity contribution in [2.45, 2.75) is 13.8 Å². The van der Waals surface area contributed by atoms with E-state index < -0.39 is 0 Å². The van der Waals surface area contributed by atoms with E-state index in [-0.39, 0.29) is 11.6 Å².